The smallest absolute Gasteiger partial charge is 0.248 e. The Hall–Kier alpha value is -4.00. The molecule has 0 amide bonds. The fourth-order valence-corrected chi connectivity index (χ4v) is 3.18. The van der Waals surface area contributed by atoms with E-state index in [2.05, 4.69) is 20.1 Å². The molecular formula is C20H13N5O2. The Labute approximate surface area is 152 Å². The molecule has 7 nitrogen and oxygen atoms in total. The Morgan fingerprint density at radius 2 is 1.85 bits per heavy atom. The van der Waals surface area contributed by atoms with Crippen LogP contribution in [-0.4, -0.2) is 29.7 Å². The molecule has 0 aliphatic rings. The SMILES string of the molecule is O=c1ccc2c(-c3cnn4cc(-c5ccc(O)cn5)cnc34)cccc2[nH]1. The average Bonchev–Trinajstić information content (AvgIpc) is 3.11. The Kier molecular flexibility index (Phi) is 3.26. The van der Waals surface area contributed by atoms with Gasteiger partial charge < -0.3 is 10.1 Å². The van der Waals surface area contributed by atoms with E-state index in [4.69, 9.17) is 0 Å². The van der Waals surface area contributed by atoms with E-state index < -0.39 is 0 Å². The van der Waals surface area contributed by atoms with Gasteiger partial charge >= 0.3 is 0 Å². The van der Waals surface area contributed by atoms with Crippen molar-refractivity contribution in [1.29, 1.82) is 0 Å². The molecule has 0 saturated carbocycles. The third kappa shape index (κ3) is 2.53. The van der Waals surface area contributed by atoms with Gasteiger partial charge in [0.05, 0.1) is 18.1 Å². The van der Waals surface area contributed by atoms with Crippen molar-refractivity contribution >= 4 is 16.6 Å². The molecule has 0 atom stereocenters. The van der Waals surface area contributed by atoms with Gasteiger partial charge in [0, 0.05) is 40.5 Å². The maximum Gasteiger partial charge on any atom is 0.248 e. The molecule has 0 aliphatic heterocycles. The summed E-state index contributed by atoms with van der Waals surface area (Å²) in [7, 11) is 0. The number of pyridine rings is 2. The highest BCUT2D eigenvalue weighted by Crippen LogP contribution is 2.30. The summed E-state index contributed by atoms with van der Waals surface area (Å²) >= 11 is 0. The van der Waals surface area contributed by atoms with Crippen molar-refractivity contribution < 1.29 is 5.11 Å². The van der Waals surface area contributed by atoms with E-state index in [1.807, 2.05) is 30.5 Å². The van der Waals surface area contributed by atoms with Crippen molar-refractivity contribution in [1.82, 2.24) is 24.6 Å². The van der Waals surface area contributed by atoms with Crippen molar-refractivity contribution in [2.24, 2.45) is 0 Å². The van der Waals surface area contributed by atoms with Crippen LogP contribution in [0.25, 0.3) is 38.9 Å². The third-order valence-corrected chi connectivity index (χ3v) is 4.46. The highest BCUT2D eigenvalue weighted by atomic mass is 16.3. The zero-order valence-corrected chi connectivity index (χ0v) is 14.0. The summed E-state index contributed by atoms with van der Waals surface area (Å²) in [6.07, 6.45) is 6.73. The summed E-state index contributed by atoms with van der Waals surface area (Å²) in [6, 6.07) is 12.4. The second-order valence-electron chi connectivity index (χ2n) is 6.16. The summed E-state index contributed by atoms with van der Waals surface area (Å²) in [5.74, 6) is 0.114. The molecule has 0 unspecified atom stereocenters. The van der Waals surface area contributed by atoms with Crippen LogP contribution in [0.1, 0.15) is 0 Å². The topological polar surface area (TPSA) is 96.2 Å². The van der Waals surface area contributed by atoms with Crippen LogP contribution in [0.2, 0.25) is 0 Å². The molecule has 0 fully saturated rings. The molecule has 2 N–H and O–H groups in total. The van der Waals surface area contributed by atoms with Gasteiger partial charge in [-0.05, 0) is 29.8 Å². The predicted molar refractivity (Wildman–Crippen MR) is 101 cm³/mol. The first kappa shape index (κ1) is 15.3. The summed E-state index contributed by atoms with van der Waals surface area (Å²) < 4.78 is 1.70. The van der Waals surface area contributed by atoms with Crippen molar-refractivity contribution in [3.8, 4) is 28.1 Å². The van der Waals surface area contributed by atoms with Crippen LogP contribution in [0.4, 0.5) is 0 Å². The number of aromatic hydroxyl groups is 1. The van der Waals surface area contributed by atoms with Gasteiger partial charge in [0.15, 0.2) is 5.65 Å². The number of benzene rings is 1. The van der Waals surface area contributed by atoms with Gasteiger partial charge in [-0.1, -0.05) is 12.1 Å². The van der Waals surface area contributed by atoms with Gasteiger partial charge in [0.25, 0.3) is 0 Å². The number of nitrogens with one attached hydrogen (secondary N) is 1. The molecular weight excluding hydrogens is 342 g/mol. The van der Waals surface area contributed by atoms with Crippen LogP contribution in [0, 0.1) is 0 Å². The van der Waals surface area contributed by atoms with Crippen LogP contribution < -0.4 is 5.56 Å². The van der Waals surface area contributed by atoms with Gasteiger partial charge in [0.2, 0.25) is 5.56 Å². The highest BCUT2D eigenvalue weighted by Gasteiger charge is 2.12. The second kappa shape index (κ2) is 5.77. The normalized spacial score (nSPS) is 11.3. The fraction of sp³-hybridized carbons (Fsp3) is 0. The zero-order chi connectivity index (χ0) is 18.4. The number of aromatic nitrogens is 5. The van der Waals surface area contributed by atoms with E-state index in [0.29, 0.717) is 11.3 Å². The van der Waals surface area contributed by atoms with Gasteiger partial charge in [0.1, 0.15) is 5.75 Å². The first-order chi connectivity index (χ1) is 13.2. The van der Waals surface area contributed by atoms with Crippen LogP contribution >= 0.6 is 0 Å². The summed E-state index contributed by atoms with van der Waals surface area (Å²) in [5.41, 5.74) is 4.64. The van der Waals surface area contributed by atoms with Gasteiger partial charge in [-0.25, -0.2) is 9.50 Å². The maximum atomic E-state index is 11.6. The minimum Gasteiger partial charge on any atom is -0.506 e. The van der Waals surface area contributed by atoms with Gasteiger partial charge in [-0.3, -0.25) is 9.78 Å². The number of rotatable bonds is 2. The Bertz CT molecular complexity index is 1350. The third-order valence-electron chi connectivity index (χ3n) is 4.46. The molecule has 0 aliphatic carbocycles. The molecule has 0 bridgehead atoms. The molecule has 4 heterocycles. The minimum absolute atomic E-state index is 0.114. The zero-order valence-electron chi connectivity index (χ0n) is 14.0. The first-order valence-electron chi connectivity index (χ1n) is 8.30. The monoisotopic (exact) mass is 355 g/mol. The molecule has 5 aromatic rings. The number of hydrogen-bond donors (Lipinski definition) is 2. The van der Waals surface area contributed by atoms with E-state index in [1.165, 1.54) is 12.3 Å². The maximum absolute atomic E-state index is 11.6. The summed E-state index contributed by atoms with van der Waals surface area (Å²) in [5, 5.41) is 14.7. The summed E-state index contributed by atoms with van der Waals surface area (Å²) in [6.45, 7) is 0. The number of nitrogens with zero attached hydrogens (tertiary/aromatic N) is 4. The highest BCUT2D eigenvalue weighted by molar-refractivity contribution is 5.97. The van der Waals surface area contributed by atoms with E-state index in [9.17, 15) is 9.90 Å². The molecule has 0 spiro atoms. The lowest BCUT2D eigenvalue weighted by Gasteiger charge is -2.05. The van der Waals surface area contributed by atoms with E-state index >= 15 is 0 Å². The minimum atomic E-state index is -0.135. The van der Waals surface area contributed by atoms with E-state index in [0.717, 1.165) is 27.6 Å². The van der Waals surface area contributed by atoms with Crippen LogP contribution in [-0.2, 0) is 0 Å². The Morgan fingerprint density at radius 1 is 0.926 bits per heavy atom. The number of fused-ring (bicyclic) bond motifs is 2. The van der Waals surface area contributed by atoms with Gasteiger partial charge in [-0.15, -0.1) is 0 Å². The summed E-state index contributed by atoms with van der Waals surface area (Å²) in [4.78, 5) is 23.2. The Balaban J connectivity index is 1.67. The standard InChI is InChI=1S/C20H13N5O2/c26-13-4-6-17(21-9-13)12-8-22-20-16(10-23-25(20)11-12)14-2-1-3-18-15(14)5-7-19(27)24-18/h1-11,26H,(H,24,27). The van der Waals surface area contributed by atoms with Crippen LogP contribution in [0.15, 0.2) is 72.0 Å². The van der Waals surface area contributed by atoms with Gasteiger partial charge in [-0.2, -0.15) is 5.10 Å². The molecule has 5 rings (SSSR count). The van der Waals surface area contributed by atoms with Crippen molar-refractivity contribution in [3.05, 3.63) is 77.6 Å². The second-order valence-corrected chi connectivity index (χ2v) is 6.16. The van der Waals surface area contributed by atoms with Crippen molar-refractivity contribution in [2.45, 2.75) is 0 Å². The van der Waals surface area contributed by atoms with E-state index in [1.54, 1.807) is 29.0 Å². The lowest BCUT2D eigenvalue weighted by molar-refractivity contribution is 0.473. The largest absolute Gasteiger partial charge is 0.506 e. The quantitative estimate of drug-likeness (QED) is 0.507. The van der Waals surface area contributed by atoms with Crippen LogP contribution in [0.5, 0.6) is 5.75 Å². The number of aromatic amines is 1. The number of H-pyrrole nitrogens is 1. The molecule has 0 saturated heterocycles. The van der Waals surface area contributed by atoms with E-state index in [-0.39, 0.29) is 11.3 Å². The lowest BCUT2D eigenvalue weighted by atomic mass is 10.0. The lowest BCUT2D eigenvalue weighted by Crippen LogP contribution is -2.02. The molecule has 1 aromatic carbocycles. The van der Waals surface area contributed by atoms with Crippen molar-refractivity contribution in [2.75, 3.05) is 0 Å². The molecule has 4 aromatic heterocycles. The molecule has 27 heavy (non-hydrogen) atoms. The Morgan fingerprint density at radius 3 is 2.70 bits per heavy atom. The number of hydrogen-bond acceptors (Lipinski definition) is 5. The molecule has 7 heteroatoms. The molecule has 130 valence electrons. The van der Waals surface area contributed by atoms with Crippen LogP contribution in [0.3, 0.4) is 0 Å². The average molecular weight is 355 g/mol. The predicted octanol–water partition coefficient (Wildman–Crippen LogP) is 3.01. The van der Waals surface area contributed by atoms with Crippen molar-refractivity contribution in [3.63, 3.8) is 0 Å². The first-order valence-corrected chi connectivity index (χ1v) is 8.30. The molecule has 0 radical (unpaired) electrons. The fourth-order valence-electron chi connectivity index (χ4n) is 3.18.